The summed E-state index contributed by atoms with van der Waals surface area (Å²) in [5, 5.41) is 37.4. The summed E-state index contributed by atoms with van der Waals surface area (Å²) in [5.74, 6) is -5.19. The highest BCUT2D eigenvalue weighted by molar-refractivity contribution is 5.96. The fourth-order valence-electron chi connectivity index (χ4n) is 2.91. The summed E-state index contributed by atoms with van der Waals surface area (Å²) >= 11 is 0. The van der Waals surface area contributed by atoms with Crippen LogP contribution < -0.4 is 0 Å². The molecule has 2 aromatic rings. The molecule has 2 rings (SSSR count). The first kappa shape index (κ1) is 19.6. The third-order valence-electron chi connectivity index (χ3n) is 4.34. The summed E-state index contributed by atoms with van der Waals surface area (Å²) in [4.78, 5) is 45.8. The highest BCUT2D eigenvalue weighted by Gasteiger charge is 2.33. The molecule has 0 heterocycles. The molecule has 0 amide bonds. The van der Waals surface area contributed by atoms with Gasteiger partial charge in [-0.3, -0.25) is 0 Å². The second-order valence-corrected chi connectivity index (χ2v) is 6.37. The number of carboxylic acid groups (broad SMARTS) is 4. The van der Waals surface area contributed by atoms with E-state index in [9.17, 15) is 39.6 Å². The van der Waals surface area contributed by atoms with E-state index in [-0.39, 0.29) is 33.4 Å². The number of carbonyl (C=O) groups is 4. The van der Waals surface area contributed by atoms with Gasteiger partial charge in [0.15, 0.2) is 0 Å². The van der Waals surface area contributed by atoms with Crippen molar-refractivity contribution in [2.24, 2.45) is 0 Å². The molecular weight excluding hydrogens is 356 g/mol. The van der Waals surface area contributed by atoms with E-state index in [1.165, 1.54) is 13.8 Å². The van der Waals surface area contributed by atoms with Gasteiger partial charge in [-0.15, -0.1) is 0 Å². The molecule has 0 bridgehead atoms. The van der Waals surface area contributed by atoms with E-state index in [0.717, 1.165) is 36.4 Å². The molecule has 2 aromatic carbocycles. The second-order valence-electron chi connectivity index (χ2n) is 6.37. The summed E-state index contributed by atoms with van der Waals surface area (Å²) in [5.41, 5.74) is -1.95. The molecule has 0 aliphatic heterocycles. The van der Waals surface area contributed by atoms with Crippen LogP contribution in [0.15, 0.2) is 36.4 Å². The molecule has 0 unspecified atom stereocenters. The van der Waals surface area contributed by atoms with Crippen LogP contribution in [-0.4, -0.2) is 44.3 Å². The van der Waals surface area contributed by atoms with Gasteiger partial charge in [0, 0.05) is 5.41 Å². The summed E-state index contributed by atoms with van der Waals surface area (Å²) in [7, 11) is 0. The SMILES string of the molecule is CC(C)(c1cc(C(=O)O)ccc1C(=O)O)c1cc(C(=O)O)ccc1C(=O)O. The van der Waals surface area contributed by atoms with Crippen molar-refractivity contribution in [1.29, 1.82) is 0 Å². The Bertz CT molecular complexity index is 894. The van der Waals surface area contributed by atoms with Crippen LogP contribution >= 0.6 is 0 Å². The van der Waals surface area contributed by atoms with E-state index < -0.39 is 29.3 Å². The van der Waals surface area contributed by atoms with Crippen LogP contribution in [0.4, 0.5) is 0 Å². The van der Waals surface area contributed by atoms with Crippen LogP contribution in [0.2, 0.25) is 0 Å². The van der Waals surface area contributed by atoms with Gasteiger partial charge in [0.2, 0.25) is 0 Å². The van der Waals surface area contributed by atoms with Crippen molar-refractivity contribution in [2.45, 2.75) is 19.3 Å². The Morgan fingerprint density at radius 3 is 1.22 bits per heavy atom. The first-order valence-corrected chi connectivity index (χ1v) is 7.69. The van der Waals surface area contributed by atoms with Crippen molar-refractivity contribution in [3.05, 3.63) is 69.8 Å². The lowest BCUT2D eigenvalue weighted by Crippen LogP contribution is -2.26. The topological polar surface area (TPSA) is 149 Å². The lowest BCUT2D eigenvalue weighted by atomic mass is 9.73. The largest absolute Gasteiger partial charge is 0.478 e. The van der Waals surface area contributed by atoms with Gasteiger partial charge in [-0.2, -0.15) is 0 Å². The van der Waals surface area contributed by atoms with E-state index in [4.69, 9.17) is 0 Å². The van der Waals surface area contributed by atoms with Crippen LogP contribution in [0, 0.1) is 0 Å². The zero-order valence-corrected chi connectivity index (χ0v) is 14.4. The number of rotatable bonds is 6. The fraction of sp³-hybridized carbons (Fsp3) is 0.158. The van der Waals surface area contributed by atoms with Crippen LogP contribution in [0.5, 0.6) is 0 Å². The predicted molar refractivity (Wildman–Crippen MR) is 92.8 cm³/mol. The fourth-order valence-corrected chi connectivity index (χ4v) is 2.91. The van der Waals surface area contributed by atoms with Crippen molar-refractivity contribution in [3.8, 4) is 0 Å². The van der Waals surface area contributed by atoms with Gasteiger partial charge in [-0.1, -0.05) is 13.8 Å². The highest BCUT2D eigenvalue weighted by atomic mass is 16.4. The molecule has 0 aliphatic carbocycles. The molecule has 0 fully saturated rings. The Morgan fingerprint density at radius 2 is 0.963 bits per heavy atom. The van der Waals surface area contributed by atoms with Gasteiger partial charge >= 0.3 is 23.9 Å². The minimum absolute atomic E-state index is 0.0555. The van der Waals surface area contributed by atoms with Crippen molar-refractivity contribution in [3.63, 3.8) is 0 Å². The van der Waals surface area contributed by atoms with Gasteiger partial charge in [0.25, 0.3) is 0 Å². The van der Waals surface area contributed by atoms with E-state index in [1.54, 1.807) is 0 Å². The van der Waals surface area contributed by atoms with E-state index in [1.807, 2.05) is 0 Å². The van der Waals surface area contributed by atoms with Crippen LogP contribution in [-0.2, 0) is 5.41 Å². The van der Waals surface area contributed by atoms with Crippen LogP contribution in [0.25, 0.3) is 0 Å². The monoisotopic (exact) mass is 372 g/mol. The van der Waals surface area contributed by atoms with Gasteiger partial charge in [-0.25, -0.2) is 19.2 Å². The zero-order chi connectivity index (χ0) is 20.5. The quantitative estimate of drug-likeness (QED) is 0.604. The number of hydrogen-bond donors (Lipinski definition) is 4. The predicted octanol–water partition coefficient (Wildman–Crippen LogP) is 2.81. The van der Waals surface area contributed by atoms with E-state index in [0.29, 0.717) is 0 Å². The Hall–Kier alpha value is -3.68. The Labute approximate surface area is 153 Å². The summed E-state index contributed by atoms with van der Waals surface area (Å²) in [6.07, 6.45) is 0. The lowest BCUT2D eigenvalue weighted by molar-refractivity contribution is 0.0677. The maximum Gasteiger partial charge on any atom is 0.335 e. The maximum atomic E-state index is 11.6. The van der Waals surface area contributed by atoms with E-state index in [2.05, 4.69) is 0 Å². The smallest absolute Gasteiger partial charge is 0.335 e. The molecule has 0 saturated carbocycles. The summed E-state index contributed by atoms with van der Waals surface area (Å²) in [6.45, 7) is 3.02. The molecule has 0 spiro atoms. The van der Waals surface area contributed by atoms with Gasteiger partial charge in [-0.05, 0) is 47.5 Å². The Balaban J connectivity index is 2.86. The Kier molecular flexibility index (Phi) is 5.03. The third-order valence-corrected chi connectivity index (χ3v) is 4.34. The second kappa shape index (κ2) is 6.91. The van der Waals surface area contributed by atoms with Crippen LogP contribution in [0.3, 0.4) is 0 Å². The number of benzene rings is 2. The lowest BCUT2D eigenvalue weighted by Gasteiger charge is -2.29. The first-order chi connectivity index (χ1) is 12.5. The molecule has 0 aromatic heterocycles. The average Bonchev–Trinajstić information content (AvgIpc) is 2.60. The number of carboxylic acids is 4. The molecule has 8 nitrogen and oxygen atoms in total. The third kappa shape index (κ3) is 3.64. The average molecular weight is 372 g/mol. The van der Waals surface area contributed by atoms with Crippen molar-refractivity contribution < 1.29 is 39.6 Å². The van der Waals surface area contributed by atoms with Crippen molar-refractivity contribution in [2.75, 3.05) is 0 Å². The molecule has 27 heavy (non-hydrogen) atoms. The van der Waals surface area contributed by atoms with Gasteiger partial charge < -0.3 is 20.4 Å². The van der Waals surface area contributed by atoms with E-state index >= 15 is 0 Å². The molecular formula is C19H16O8. The molecule has 0 saturated heterocycles. The number of hydrogen-bond acceptors (Lipinski definition) is 4. The molecule has 140 valence electrons. The minimum Gasteiger partial charge on any atom is -0.478 e. The molecule has 0 atom stereocenters. The minimum atomic E-state index is -1.32. The van der Waals surface area contributed by atoms with Crippen LogP contribution in [0.1, 0.15) is 66.4 Å². The standard InChI is InChI=1S/C19H16O8/c1-19(2,13-7-9(15(20)21)3-5-11(13)17(24)25)14-8-10(16(22)23)4-6-12(14)18(26)27/h3-8H,1-2H3,(H,20,21)(H,22,23)(H,24,25)(H,26,27). The van der Waals surface area contributed by atoms with Crippen molar-refractivity contribution in [1.82, 2.24) is 0 Å². The summed E-state index contributed by atoms with van der Waals surface area (Å²) in [6, 6.07) is 6.85. The van der Waals surface area contributed by atoms with Gasteiger partial charge in [0.05, 0.1) is 22.3 Å². The zero-order valence-electron chi connectivity index (χ0n) is 14.4. The first-order valence-electron chi connectivity index (χ1n) is 7.69. The maximum absolute atomic E-state index is 11.6. The van der Waals surface area contributed by atoms with Crippen molar-refractivity contribution >= 4 is 23.9 Å². The molecule has 0 radical (unpaired) electrons. The molecule has 0 aliphatic rings. The molecule has 8 heteroatoms. The Morgan fingerprint density at radius 1 is 0.630 bits per heavy atom. The van der Waals surface area contributed by atoms with Gasteiger partial charge in [0.1, 0.15) is 0 Å². The highest BCUT2D eigenvalue weighted by Crippen LogP contribution is 2.37. The molecule has 4 N–H and O–H groups in total. The number of aromatic carboxylic acids is 4. The normalized spacial score (nSPS) is 11.0. The summed E-state index contributed by atoms with van der Waals surface area (Å²) < 4.78 is 0.